The van der Waals surface area contributed by atoms with E-state index in [1.165, 1.54) is 22.4 Å². The van der Waals surface area contributed by atoms with Crippen LogP contribution in [0.15, 0.2) is 18.2 Å². The van der Waals surface area contributed by atoms with Gasteiger partial charge in [0, 0.05) is 6.17 Å². The van der Waals surface area contributed by atoms with Gasteiger partial charge >= 0.3 is 6.03 Å². The first-order valence-electron chi connectivity index (χ1n) is 7.97. The molecule has 0 aromatic heterocycles. The Balaban J connectivity index is 1.93. The number of benzene rings is 1. The Morgan fingerprint density at radius 3 is 2.55 bits per heavy atom. The van der Waals surface area contributed by atoms with Gasteiger partial charge in [-0.3, -0.25) is 9.69 Å². The van der Waals surface area contributed by atoms with E-state index in [1.807, 2.05) is 13.0 Å². The molecule has 22 heavy (non-hydrogen) atoms. The highest BCUT2D eigenvalue weighted by Gasteiger charge is 2.49. The van der Waals surface area contributed by atoms with Gasteiger partial charge in [0.2, 0.25) is 0 Å². The highest BCUT2D eigenvalue weighted by molar-refractivity contribution is 6.76. The van der Waals surface area contributed by atoms with Gasteiger partial charge in [-0.05, 0) is 42.9 Å². The van der Waals surface area contributed by atoms with Crippen molar-refractivity contribution in [1.29, 1.82) is 0 Å². The number of carbonyl (C=O) groups is 2. The quantitative estimate of drug-likeness (QED) is 0.688. The van der Waals surface area contributed by atoms with Gasteiger partial charge in [-0.15, -0.1) is 0 Å². The van der Waals surface area contributed by atoms with Crippen LogP contribution in [0.4, 0.5) is 4.79 Å². The van der Waals surface area contributed by atoms with Crippen LogP contribution < -0.4 is 5.32 Å². The van der Waals surface area contributed by atoms with Crippen molar-refractivity contribution in [2.45, 2.75) is 51.4 Å². The number of urea groups is 1. The van der Waals surface area contributed by atoms with Gasteiger partial charge in [-0.2, -0.15) is 0 Å². The maximum absolute atomic E-state index is 12.9. The number of amides is 3. The maximum atomic E-state index is 12.9. The molecule has 1 aromatic rings. The molecular weight excluding hydrogens is 292 g/mol. The van der Waals surface area contributed by atoms with Crippen LogP contribution in [-0.4, -0.2) is 31.1 Å². The first-order chi connectivity index (χ1) is 10.2. The summed E-state index contributed by atoms with van der Waals surface area (Å²) in [6, 6.07) is 5.97. The van der Waals surface area contributed by atoms with Crippen LogP contribution in [-0.2, 0) is 23.2 Å². The minimum absolute atomic E-state index is 0.113. The number of imide groups is 1. The molecule has 1 fully saturated rings. The van der Waals surface area contributed by atoms with Gasteiger partial charge in [-0.25, -0.2) is 4.79 Å². The monoisotopic (exact) mass is 316 g/mol. The Morgan fingerprint density at radius 1 is 1.18 bits per heavy atom. The van der Waals surface area contributed by atoms with Crippen molar-refractivity contribution in [2.24, 2.45) is 0 Å². The minimum Gasteiger partial charge on any atom is -0.319 e. The third-order valence-corrected chi connectivity index (χ3v) is 5.85. The average Bonchev–Trinajstić information content (AvgIpc) is 2.96. The number of carbonyl (C=O) groups excluding carboxylic acids is 2. The SMILES string of the molecule is CC1(c2ccc3c(c2)CCC3)NC(=O)N(C[Si](C)(C)C)C1=O. The number of rotatable bonds is 3. The van der Waals surface area contributed by atoms with Crippen molar-refractivity contribution in [3.8, 4) is 0 Å². The summed E-state index contributed by atoms with van der Waals surface area (Å²) in [4.78, 5) is 26.6. The van der Waals surface area contributed by atoms with E-state index in [0.717, 1.165) is 18.4 Å². The molecular formula is C17H24N2O2Si. The van der Waals surface area contributed by atoms with Gasteiger partial charge in [-0.1, -0.05) is 37.8 Å². The number of fused-ring (bicyclic) bond motifs is 1. The molecule has 118 valence electrons. The lowest BCUT2D eigenvalue weighted by Gasteiger charge is -2.25. The van der Waals surface area contributed by atoms with Crippen molar-refractivity contribution in [3.63, 3.8) is 0 Å². The molecule has 4 nitrogen and oxygen atoms in total. The third-order valence-electron chi connectivity index (χ3n) is 4.58. The number of nitrogens with one attached hydrogen (secondary N) is 1. The molecule has 1 aliphatic carbocycles. The fraction of sp³-hybridized carbons (Fsp3) is 0.529. The van der Waals surface area contributed by atoms with E-state index in [1.54, 1.807) is 0 Å². The van der Waals surface area contributed by atoms with Crippen LogP contribution in [0.5, 0.6) is 0 Å². The Morgan fingerprint density at radius 2 is 1.86 bits per heavy atom. The Labute approximate surface area is 132 Å². The first-order valence-corrected chi connectivity index (χ1v) is 11.7. The lowest BCUT2D eigenvalue weighted by molar-refractivity contribution is -0.130. The van der Waals surface area contributed by atoms with Crippen LogP contribution in [0.2, 0.25) is 19.6 Å². The summed E-state index contributed by atoms with van der Waals surface area (Å²) in [7, 11) is -1.54. The second-order valence-corrected chi connectivity index (χ2v) is 13.3. The van der Waals surface area contributed by atoms with E-state index < -0.39 is 13.6 Å². The van der Waals surface area contributed by atoms with Crippen LogP contribution >= 0.6 is 0 Å². The Bertz CT molecular complexity index is 651. The molecule has 0 radical (unpaired) electrons. The molecule has 0 spiro atoms. The summed E-state index contributed by atoms with van der Waals surface area (Å²) >= 11 is 0. The molecule has 5 heteroatoms. The van der Waals surface area contributed by atoms with E-state index in [0.29, 0.717) is 6.17 Å². The van der Waals surface area contributed by atoms with Gasteiger partial charge in [0.25, 0.3) is 5.91 Å². The van der Waals surface area contributed by atoms with Crippen molar-refractivity contribution < 1.29 is 9.59 Å². The fourth-order valence-corrected chi connectivity index (χ4v) is 4.63. The van der Waals surface area contributed by atoms with Crippen LogP contribution in [0.3, 0.4) is 0 Å². The molecule has 1 unspecified atom stereocenters. The molecule has 1 heterocycles. The maximum Gasteiger partial charge on any atom is 0.325 e. The smallest absolute Gasteiger partial charge is 0.319 e. The highest BCUT2D eigenvalue weighted by atomic mass is 28.3. The summed E-state index contributed by atoms with van der Waals surface area (Å²) < 4.78 is 0. The largest absolute Gasteiger partial charge is 0.325 e. The van der Waals surface area contributed by atoms with Gasteiger partial charge in [0.05, 0.1) is 8.07 Å². The molecule has 3 rings (SSSR count). The summed E-state index contributed by atoms with van der Waals surface area (Å²) in [5.74, 6) is -0.113. The number of aryl methyl sites for hydroxylation is 2. The molecule has 0 bridgehead atoms. The van der Waals surface area contributed by atoms with Crippen LogP contribution in [0, 0.1) is 0 Å². The van der Waals surface area contributed by atoms with Crippen molar-refractivity contribution >= 4 is 20.0 Å². The molecule has 1 atom stereocenters. The number of nitrogens with zero attached hydrogens (tertiary/aromatic N) is 1. The van der Waals surface area contributed by atoms with Crippen molar-refractivity contribution in [1.82, 2.24) is 10.2 Å². The molecule has 1 aromatic carbocycles. The lowest BCUT2D eigenvalue weighted by Crippen LogP contribution is -2.45. The minimum atomic E-state index is -1.54. The van der Waals surface area contributed by atoms with Gasteiger partial charge in [0.1, 0.15) is 5.54 Å². The zero-order valence-corrected chi connectivity index (χ0v) is 14.8. The molecule has 2 aliphatic rings. The summed E-state index contributed by atoms with van der Waals surface area (Å²) in [6.07, 6.45) is 3.93. The zero-order valence-electron chi connectivity index (χ0n) is 13.8. The predicted molar refractivity (Wildman–Crippen MR) is 89.4 cm³/mol. The second-order valence-electron chi connectivity index (χ2n) is 7.84. The number of hydrogen-bond acceptors (Lipinski definition) is 2. The fourth-order valence-electron chi connectivity index (χ4n) is 3.39. The summed E-state index contributed by atoms with van der Waals surface area (Å²) in [6.45, 7) is 8.32. The molecule has 3 amide bonds. The average molecular weight is 316 g/mol. The zero-order chi connectivity index (χ0) is 16.1. The normalized spacial score (nSPS) is 24.6. The van der Waals surface area contributed by atoms with E-state index in [9.17, 15) is 9.59 Å². The van der Waals surface area contributed by atoms with E-state index in [4.69, 9.17) is 0 Å². The Kier molecular flexibility index (Phi) is 3.43. The number of hydrogen-bond donors (Lipinski definition) is 1. The van der Waals surface area contributed by atoms with Crippen LogP contribution in [0.1, 0.15) is 30.0 Å². The topological polar surface area (TPSA) is 49.4 Å². The first kappa shape index (κ1) is 15.3. The van der Waals surface area contributed by atoms with Crippen LogP contribution in [0.25, 0.3) is 0 Å². The predicted octanol–water partition coefficient (Wildman–Crippen LogP) is 2.82. The summed E-state index contributed by atoms with van der Waals surface area (Å²) in [5.41, 5.74) is 2.69. The summed E-state index contributed by atoms with van der Waals surface area (Å²) in [5, 5.41) is 2.92. The lowest BCUT2D eigenvalue weighted by atomic mass is 9.90. The van der Waals surface area contributed by atoms with Gasteiger partial charge in [0.15, 0.2) is 0 Å². The second kappa shape index (κ2) is 4.95. The van der Waals surface area contributed by atoms with E-state index in [2.05, 4.69) is 37.1 Å². The third kappa shape index (κ3) is 2.47. The molecule has 0 saturated carbocycles. The highest BCUT2D eigenvalue weighted by Crippen LogP contribution is 2.32. The van der Waals surface area contributed by atoms with Crippen molar-refractivity contribution in [2.75, 3.05) is 6.17 Å². The van der Waals surface area contributed by atoms with Crippen molar-refractivity contribution in [3.05, 3.63) is 34.9 Å². The Hall–Kier alpha value is -1.62. The molecule has 1 saturated heterocycles. The molecule has 1 N–H and O–H groups in total. The van der Waals surface area contributed by atoms with Gasteiger partial charge < -0.3 is 5.32 Å². The molecule has 1 aliphatic heterocycles. The van der Waals surface area contributed by atoms with E-state index >= 15 is 0 Å². The van der Waals surface area contributed by atoms with E-state index in [-0.39, 0.29) is 11.9 Å². The standard InChI is InChI=1S/C17H24N2O2Si/c1-17(14-9-8-12-6-5-7-13(12)10-14)15(20)19(16(21)18-17)11-22(2,3)4/h8-10H,5-7,11H2,1-4H3,(H,18,21).